The number of aromatic nitrogens is 3. The summed E-state index contributed by atoms with van der Waals surface area (Å²) in [5.74, 6) is 1.07. The largest absolute Gasteiger partial charge is 0.404 e. The summed E-state index contributed by atoms with van der Waals surface area (Å²) in [7, 11) is 1.69. The lowest BCUT2D eigenvalue weighted by Gasteiger charge is -2.36. The second-order valence-corrected chi connectivity index (χ2v) is 8.49. The standard InChI is InChI=1S/C25H28N8O/c1-17(2)25(34)32-8-6-31(7-9-32)23-5-4-18(14-29-23)22-10-19(20(11-26)13-28-3)16-33-24(22)21(12-27)15-30-33/h4-5,10-11,13-17H,6-9,26H2,1-3H3. The summed E-state index contributed by atoms with van der Waals surface area (Å²) in [5, 5.41) is 14.0. The number of carbonyl (C=O) groups is 1. The Morgan fingerprint density at radius 1 is 1.24 bits per heavy atom. The molecule has 1 saturated heterocycles. The molecule has 174 valence electrons. The van der Waals surface area contributed by atoms with Crippen LogP contribution in [0.3, 0.4) is 0 Å². The number of nitrogens with zero attached hydrogens (tertiary/aromatic N) is 7. The first-order valence-electron chi connectivity index (χ1n) is 11.2. The van der Waals surface area contributed by atoms with Gasteiger partial charge in [0.1, 0.15) is 11.9 Å². The topological polar surface area (TPSA) is 116 Å². The first-order valence-corrected chi connectivity index (χ1v) is 11.2. The van der Waals surface area contributed by atoms with Gasteiger partial charge in [0, 0.05) is 86.2 Å². The van der Waals surface area contributed by atoms with Crippen LogP contribution >= 0.6 is 0 Å². The van der Waals surface area contributed by atoms with Crippen LogP contribution in [0, 0.1) is 17.2 Å². The van der Waals surface area contributed by atoms with Crippen molar-refractivity contribution in [3.63, 3.8) is 0 Å². The molecule has 34 heavy (non-hydrogen) atoms. The molecule has 3 aromatic heterocycles. The number of amides is 1. The van der Waals surface area contributed by atoms with E-state index in [4.69, 9.17) is 10.7 Å². The summed E-state index contributed by atoms with van der Waals surface area (Å²) in [6, 6.07) is 8.18. The summed E-state index contributed by atoms with van der Waals surface area (Å²) >= 11 is 0. The van der Waals surface area contributed by atoms with Gasteiger partial charge in [-0.1, -0.05) is 13.8 Å². The molecule has 0 unspecified atom stereocenters. The van der Waals surface area contributed by atoms with Crippen molar-refractivity contribution in [1.82, 2.24) is 19.5 Å². The van der Waals surface area contributed by atoms with E-state index in [0.717, 1.165) is 41.2 Å². The summed E-state index contributed by atoms with van der Waals surface area (Å²) < 4.78 is 1.69. The molecule has 0 aliphatic carbocycles. The molecule has 0 atom stereocenters. The van der Waals surface area contributed by atoms with E-state index < -0.39 is 0 Å². The second-order valence-electron chi connectivity index (χ2n) is 8.49. The van der Waals surface area contributed by atoms with Gasteiger partial charge in [0.25, 0.3) is 0 Å². The molecule has 1 amide bonds. The third-order valence-corrected chi connectivity index (χ3v) is 5.98. The number of carbonyl (C=O) groups excluding carboxylic acids is 1. The lowest BCUT2D eigenvalue weighted by Crippen LogP contribution is -2.50. The van der Waals surface area contributed by atoms with Gasteiger partial charge in [0.15, 0.2) is 0 Å². The fraction of sp³-hybridized carbons (Fsp3) is 0.320. The van der Waals surface area contributed by atoms with Crippen molar-refractivity contribution in [1.29, 1.82) is 5.26 Å². The van der Waals surface area contributed by atoms with Crippen molar-refractivity contribution in [2.45, 2.75) is 13.8 Å². The normalized spacial score (nSPS) is 14.9. The van der Waals surface area contributed by atoms with Gasteiger partial charge in [-0.2, -0.15) is 10.4 Å². The lowest BCUT2D eigenvalue weighted by molar-refractivity contribution is -0.134. The minimum Gasteiger partial charge on any atom is -0.404 e. The Kier molecular flexibility index (Phi) is 6.59. The van der Waals surface area contributed by atoms with Crippen LogP contribution in [-0.2, 0) is 4.79 Å². The van der Waals surface area contributed by atoms with Gasteiger partial charge in [-0.3, -0.25) is 9.79 Å². The molecule has 9 nitrogen and oxygen atoms in total. The molecule has 0 bridgehead atoms. The zero-order valence-corrected chi connectivity index (χ0v) is 19.6. The Morgan fingerprint density at radius 2 is 2.00 bits per heavy atom. The average Bonchev–Trinajstić information content (AvgIpc) is 3.29. The second kappa shape index (κ2) is 9.75. The van der Waals surface area contributed by atoms with Crippen molar-refractivity contribution >= 4 is 29.0 Å². The van der Waals surface area contributed by atoms with Crippen LogP contribution in [0.25, 0.3) is 22.2 Å². The number of piperazine rings is 1. The van der Waals surface area contributed by atoms with Gasteiger partial charge in [-0.05, 0) is 18.2 Å². The van der Waals surface area contributed by atoms with E-state index in [9.17, 15) is 10.1 Å². The molecule has 4 heterocycles. The van der Waals surface area contributed by atoms with E-state index in [1.54, 1.807) is 24.0 Å². The summed E-state index contributed by atoms with van der Waals surface area (Å²) in [6.07, 6.45) is 8.39. The van der Waals surface area contributed by atoms with E-state index >= 15 is 0 Å². The number of nitriles is 1. The number of allylic oxidation sites excluding steroid dienone is 1. The predicted molar refractivity (Wildman–Crippen MR) is 133 cm³/mol. The van der Waals surface area contributed by atoms with Crippen molar-refractivity contribution in [3.8, 4) is 17.2 Å². The quantitative estimate of drug-likeness (QED) is 0.590. The number of rotatable bonds is 5. The van der Waals surface area contributed by atoms with Gasteiger partial charge in [0.05, 0.1) is 17.3 Å². The van der Waals surface area contributed by atoms with Crippen LogP contribution in [0.1, 0.15) is 25.0 Å². The number of pyridine rings is 2. The molecule has 0 radical (unpaired) electrons. The Labute approximate surface area is 198 Å². The number of nitrogens with two attached hydrogens (primary N) is 1. The monoisotopic (exact) mass is 456 g/mol. The highest BCUT2D eigenvalue weighted by Gasteiger charge is 2.23. The number of anilines is 1. The molecular formula is C25H28N8O. The van der Waals surface area contributed by atoms with Gasteiger partial charge in [-0.25, -0.2) is 9.50 Å². The molecule has 1 fully saturated rings. The van der Waals surface area contributed by atoms with E-state index in [1.807, 2.05) is 49.3 Å². The Bertz CT molecular complexity index is 1290. The number of hydrogen-bond donors (Lipinski definition) is 1. The number of fused-ring (bicyclic) bond motifs is 1. The highest BCUT2D eigenvalue weighted by molar-refractivity contribution is 6.10. The van der Waals surface area contributed by atoms with E-state index in [2.05, 4.69) is 21.1 Å². The molecule has 1 aliphatic rings. The smallest absolute Gasteiger partial charge is 0.225 e. The van der Waals surface area contributed by atoms with E-state index in [1.165, 1.54) is 6.20 Å². The zero-order valence-electron chi connectivity index (χ0n) is 19.6. The van der Waals surface area contributed by atoms with Gasteiger partial charge < -0.3 is 15.5 Å². The van der Waals surface area contributed by atoms with E-state index in [0.29, 0.717) is 24.2 Å². The maximum Gasteiger partial charge on any atom is 0.225 e. The predicted octanol–water partition coefficient (Wildman–Crippen LogP) is 2.57. The van der Waals surface area contributed by atoms with Crippen LogP contribution in [0.15, 0.2) is 48.0 Å². The van der Waals surface area contributed by atoms with Crippen molar-refractivity contribution < 1.29 is 4.79 Å². The van der Waals surface area contributed by atoms with Gasteiger partial charge in [-0.15, -0.1) is 0 Å². The highest BCUT2D eigenvalue weighted by Crippen LogP contribution is 2.30. The van der Waals surface area contributed by atoms with Crippen molar-refractivity contribution in [3.05, 3.63) is 54.1 Å². The minimum atomic E-state index is 0.0108. The molecule has 4 rings (SSSR count). The van der Waals surface area contributed by atoms with E-state index in [-0.39, 0.29) is 11.8 Å². The lowest BCUT2D eigenvalue weighted by atomic mass is 10.0. The fourth-order valence-corrected chi connectivity index (χ4v) is 4.19. The van der Waals surface area contributed by atoms with Crippen LogP contribution in [0.4, 0.5) is 5.82 Å². The molecule has 3 aromatic rings. The minimum absolute atomic E-state index is 0.0108. The Hall–Kier alpha value is -4.19. The van der Waals surface area contributed by atoms with Gasteiger partial charge >= 0.3 is 0 Å². The number of aliphatic imine (C=N–C) groups is 1. The number of hydrogen-bond acceptors (Lipinski definition) is 7. The van der Waals surface area contributed by atoms with Gasteiger partial charge in [0.2, 0.25) is 5.91 Å². The van der Waals surface area contributed by atoms with Crippen molar-refractivity contribution in [2.24, 2.45) is 16.6 Å². The Balaban J connectivity index is 1.65. The molecule has 0 aromatic carbocycles. The zero-order chi connectivity index (χ0) is 24.2. The molecule has 2 N–H and O–H groups in total. The SMILES string of the molecule is CN=CC(=CN)c1cc(-c2ccc(N3CCN(C(=O)C(C)C)CC3)nc2)c2c(C#N)cnn2c1. The van der Waals surface area contributed by atoms with Crippen LogP contribution in [-0.4, -0.2) is 64.8 Å². The molecule has 9 heteroatoms. The fourth-order valence-electron chi connectivity index (χ4n) is 4.19. The van der Waals surface area contributed by atoms with Crippen molar-refractivity contribution in [2.75, 3.05) is 38.1 Å². The van der Waals surface area contributed by atoms with Crippen LogP contribution in [0.5, 0.6) is 0 Å². The van der Waals surface area contributed by atoms with Crippen LogP contribution in [0.2, 0.25) is 0 Å². The molecule has 1 aliphatic heterocycles. The third-order valence-electron chi connectivity index (χ3n) is 5.98. The summed E-state index contributed by atoms with van der Waals surface area (Å²) in [4.78, 5) is 25.2. The first-order chi connectivity index (χ1) is 16.5. The van der Waals surface area contributed by atoms with Crippen LogP contribution < -0.4 is 10.6 Å². The summed E-state index contributed by atoms with van der Waals surface area (Å²) in [5.41, 5.74) is 10.3. The molecule has 0 saturated carbocycles. The molecule has 0 spiro atoms. The highest BCUT2D eigenvalue weighted by atomic mass is 16.2. The Morgan fingerprint density at radius 3 is 2.59 bits per heavy atom. The first kappa shape index (κ1) is 23.0. The maximum atomic E-state index is 12.3. The molecular weight excluding hydrogens is 428 g/mol. The maximum absolute atomic E-state index is 12.3. The average molecular weight is 457 g/mol. The third kappa shape index (κ3) is 4.35. The summed E-state index contributed by atoms with van der Waals surface area (Å²) in [6.45, 7) is 6.73.